The number of pyridine rings is 2. The number of rotatable bonds is 5. The molecule has 0 aliphatic heterocycles. The normalized spacial score (nSPS) is 13.2. The molecule has 148 valence electrons. The van der Waals surface area contributed by atoms with Crippen molar-refractivity contribution in [3.63, 3.8) is 0 Å². The fraction of sp³-hybridized carbons (Fsp3) is 0.273. The number of nitrogens with one attached hydrogen (secondary N) is 2. The van der Waals surface area contributed by atoms with Gasteiger partial charge in [0.2, 0.25) is 0 Å². The number of carbonyl (C=O) groups excluding carboxylic acids is 2. The SMILES string of the molecule is O=C(Nc1sc2c(c1C(=O)NCc1cccnc1)CCCCC2)c1cccnc1. The number of hydrogen-bond donors (Lipinski definition) is 2. The number of nitrogens with zero attached hydrogens (tertiary/aromatic N) is 2. The summed E-state index contributed by atoms with van der Waals surface area (Å²) in [6, 6.07) is 7.20. The van der Waals surface area contributed by atoms with E-state index in [0.717, 1.165) is 43.2 Å². The molecule has 7 heteroatoms. The van der Waals surface area contributed by atoms with Crippen LogP contribution in [0.25, 0.3) is 0 Å². The number of aromatic nitrogens is 2. The van der Waals surface area contributed by atoms with Gasteiger partial charge in [0.05, 0.1) is 11.1 Å². The zero-order valence-corrected chi connectivity index (χ0v) is 16.8. The van der Waals surface area contributed by atoms with Crippen LogP contribution < -0.4 is 10.6 Å². The van der Waals surface area contributed by atoms with Gasteiger partial charge in [0.15, 0.2) is 0 Å². The molecule has 3 aromatic rings. The minimum Gasteiger partial charge on any atom is -0.348 e. The summed E-state index contributed by atoms with van der Waals surface area (Å²) in [6.45, 7) is 0.396. The van der Waals surface area contributed by atoms with E-state index < -0.39 is 0 Å². The predicted octanol–water partition coefficient (Wildman–Crippen LogP) is 3.99. The van der Waals surface area contributed by atoms with Crippen molar-refractivity contribution in [2.24, 2.45) is 0 Å². The van der Waals surface area contributed by atoms with Crippen molar-refractivity contribution < 1.29 is 9.59 Å². The zero-order valence-electron chi connectivity index (χ0n) is 16.0. The number of fused-ring (bicyclic) bond motifs is 1. The molecule has 3 heterocycles. The number of aryl methyl sites for hydroxylation is 1. The van der Waals surface area contributed by atoms with Gasteiger partial charge in [-0.15, -0.1) is 11.3 Å². The van der Waals surface area contributed by atoms with Crippen molar-refractivity contribution >= 4 is 28.2 Å². The fourth-order valence-corrected chi connectivity index (χ4v) is 4.80. The van der Waals surface area contributed by atoms with Gasteiger partial charge in [0.25, 0.3) is 11.8 Å². The van der Waals surface area contributed by atoms with Gasteiger partial charge in [-0.2, -0.15) is 0 Å². The van der Waals surface area contributed by atoms with E-state index in [1.807, 2.05) is 12.1 Å². The van der Waals surface area contributed by atoms with E-state index in [4.69, 9.17) is 0 Å². The van der Waals surface area contributed by atoms with E-state index in [1.165, 1.54) is 22.4 Å². The molecule has 2 amide bonds. The molecule has 0 saturated carbocycles. The molecule has 0 atom stereocenters. The average molecular weight is 407 g/mol. The highest BCUT2D eigenvalue weighted by molar-refractivity contribution is 7.17. The third kappa shape index (κ3) is 4.51. The molecule has 0 bridgehead atoms. The Hall–Kier alpha value is -3.06. The summed E-state index contributed by atoms with van der Waals surface area (Å²) >= 11 is 1.52. The summed E-state index contributed by atoms with van der Waals surface area (Å²) < 4.78 is 0. The number of amides is 2. The van der Waals surface area contributed by atoms with Gasteiger partial charge in [-0.05, 0) is 55.0 Å². The van der Waals surface area contributed by atoms with Crippen LogP contribution >= 0.6 is 11.3 Å². The minimum atomic E-state index is -0.254. The van der Waals surface area contributed by atoms with Gasteiger partial charge >= 0.3 is 0 Å². The van der Waals surface area contributed by atoms with E-state index in [1.54, 1.807) is 30.7 Å². The number of anilines is 1. The van der Waals surface area contributed by atoms with Gasteiger partial charge < -0.3 is 10.6 Å². The van der Waals surface area contributed by atoms with E-state index in [9.17, 15) is 9.59 Å². The fourth-order valence-electron chi connectivity index (χ4n) is 3.52. The van der Waals surface area contributed by atoms with Crippen molar-refractivity contribution in [2.45, 2.75) is 38.6 Å². The molecule has 2 N–H and O–H groups in total. The molecule has 0 saturated heterocycles. The first-order valence-electron chi connectivity index (χ1n) is 9.75. The molecular weight excluding hydrogens is 384 g/mol. The van der Waals surface area contributed by atoms with Crippen molar-refractivity contribution in [3.8, 4) is 0 Å². The standard InChI is InChI=1S/C22H22N4O2S/c27-20(16-7-5-11-24-14-16)26-22-19(17-8-2-1-3-9-18(17)29-22)21(28)25-13-15-6-4-10-23-12-15/h4-7,10-12,14H,1-3,8-9,13H2,(H,25,28)(H,26,27). The number of hydrogen-bond acceptors (Lipinski definition) is 5. The van der Waals surface area contributed by atoms with Crippen molar-refractivity contribution in [2.75, 3.05) is 5.32 Å². The second-order valence-electron chi connectivity index (χ2n) is 7.01. The quantitative estimate of drug-likeness (QED) is 0.628. The van der Waals surface area contributed by atoms with Crippen molar-refractivity contribution in [1.29, 1.82) is 0 Å². The molecule has 0 spiro atoms. The average Bonchev–Trinajstić information content (AvgIpc) is 2.93. The Bertz CT molecular complexity index is 1000. The Morgan fingerprint density at radius 3 is 2.52 bits per heavy atom. The summed E-state index contributed by atoms with van der Waals surface area (Å²) in [4.78, 5) is 35.1. The minimum absolute atomic E-state index is 0.158. The maximum Gasteiger partial charge on any atom is 0.257 e. The maximum absolute atomic E-state index is 13.1. The molecule has 1 aliphatic rings. The summed E-state index contributed by atoms with van der Waals surface area (Å²) in [6.07, 6.45) is 11.7. The first kappa shape index (κ1) is 19.3. The molecule has 3 aromatic heterocycles. The Balaban J connectivity index is 1.60. The smallest absolute Gasteiger partial charge is 0.257 e. The highest BCUT2D eigenvalue weighted by atomic mass is 32.1. The van der Waals surface area contributed by atoms with Gasteiger partial charge in [-0.25, -0.2) is 0 Å². The Labute approximate surface area is 173 Å². The van der Waals surface area contributed by atoms with Gasteiger partial charge in [0, 0.05) is 36.2 Å². The van der Waals surface area contributed by atoms with E-state index in [0.29, 0.717) is 22.7 Å². The predicted molar refractivity (Wildman–Crippen MR) is 113 cm³/mol. The second kappa shape index (κ2) is 8.96. The van der Waals surface area contributed by atoms with Gasteiger partial charge in [0.1, 0.15) is 5.00 Å². The van der Waals surface area contributed by atoms with E-state index in [-0.39, 0.29) is 11.8 Å². The van der Waals surface area contributed by atoms with Crippen LogP contribution in [0.1, 0.15) is 56.0 Å². The van der Waals surface area contributed by atoms with E-state index >= 15 is 0 Å². The summed E-state index contributed by atoms with van der Waals surface area (Å²) in [5, 5.41) is 6.56. The molecular formula is C22H22N4O2S. The first-order chi connectivity index (χ1) is 14.2. The molecule has 0 fully saturated rings. The Morgan fingerprint density at radius 1 is 0.966 bits per heavy atom. The Morgan fingerprint density at radius 2 is 1.76 bits per heavy atom. The highest BCUT2D eigenvalue weighted by Crippen LogP contribution is 2.37. The number of thiophene rings is 1. The van der Waals surface area contributed by atoms with Crippen LogP contribution in [-0.4, -0.2) is 21.8 Å². The number of carbonyl (C=O) groups is 2. The van der Waals surface area contributed by atoms with Crippen LogP contribution in [-0.2, 0) is 19.4 Å². The van der Waals surface area contributed by atoms with E-state index in [2.05, 4.69) is 20.6 Å². The monoisotopic (exact) mass is 406 g/mol. The first-order valence-corrected chi connectivity index (χ1v) is 10.6. The van der Waals surface area contributed by atoms with Crippen molar-refractivity contribution in [3.05, 3.63) is 76.2 Å². The van der Waals surface area contributed by atoms with Gasteiger partial charge in [-0.3, -0.25) is 19.6 Å². The third-order valence-corrected chi connectivity index (χ3v) is 6.18. The second-order valence-corrected chi connectivity index (χ2v) is 8.11. The molecule has 29 heavy (non-hydrogen) atoms. The zero-order chi connectivity index (χ0) is 20.1. The summed E-state index contributed by atoms with van der Waals surface area (Å²) in [5.74, 6) is -0.412. The molecule has 6 nitrogen and oxygen atoms in total. The Kier molecular flexibility index (Phi) is 5.95. The van der Waals surface area contributed by atoms with Crippen molar-refractivity contribution in [1.82, 2.24) is 15.3 Å². The molecule has 0 aromatic carbocycles. The van der Waals surface area contributed by atoms with Crippen LogP contribution in [0.15, 0.2) is 49.1 Å². The third-order valence-electron chi connectivity index (χ3n) is 4.98. The lowest BCUT2D eigenvalue weighted by Gasteiger charge is -2.10. The lowest BCUT2D eigenvalue weighted by molar-refractivity contribution is 0.0951. The molecule has 0 unspecified atom stereocenters. The maximum atomic E-state index is 13.1. The van der Waals surface area contributed by atoms with Crippen LogP contribution in [0.3, 0.4) is 0 Å². The summed E-state index contributed by atoms with van der Waals surface area (Å²) in [7, 11) is 0. The highest BCUT2D eigenvalue weighted by Gasteiger charge is 2.26. The topological polar surface area (TPSA) is 84.0 Å². The van der Waals surface area contributed by atoms with Crippen LogP contribution in [0.2, 0.25) is 0 Å². The lowest BCUT2D eigenvalue weighted by atomic mass is 10.0. The van der Waals surface area contributed by atoms with Gasteiger partial charge in [-0.1, -0.05) is 12.5 Å². The van der Waals surface area contributed by atoms with Crippen LogP contribution in [0.4, 0.5) is 5.00 Å². The summed E-state index contributed by atoms with van der Waals surface area (Å²) in [5.41, 5.74) is 3.09. The molecule has 1 aliphatic carbocycles. The lowest BCUT2D eigenvalue weighted by Crippen LogP contribution is -2.25. The largest absolute Gasteiger partial charge is 0.348 e. The van der Waals surface area contributed by atoms with Crippen LogP contribution in [0, 0.1) is 0 Å². The molecule has 0 radical (unpaired) electrons. The van der Waals surface area contributed by atoms with Crippen LogP contribution in [0.5, 0.6) is 0 Å². The molecule has 4 rings (SSSR count).